The third kappa shape index (κ3) is 6.71. The molecule has 0 saturated heterocycles. The number of rotatable bonds is 10. The van der Waals surface area contributed by atoms with Gasteiger partial charge in [0.1, 0.15) is 11.2 Å². The molecule has 12 aromatic rings. The van der Waals surface area contributed by atoms with Crippen LogP contribution in [-0.2, 0) is 12.8 Å². The van der Waals surface area contributed by atoms with Crippen LogP contribution in [0.5, 0.6) is 0 Å². The number of anilines is 6. The van der Waals surface area contributed by atoms with Gasteiger partial charge in [-0.1, -0.05) is 139 Å². The third-order valence-electron chi connectivity index (χ3n) is 15.0. The maximum absolute atomic E-state index is 7.01. The highest BCUT2D eigenvalue weighted by Gasteiger charge is 2.30. The lowest BCUT2D eigenvalue weighted by Gasteiger charge is -2.33. The van der Waals surface area contributed by atoms with Gasteiger partial charge in [0.05, 0.1) is 22.7 Å². The van der Waals surface area contributed by atoms with Crippen LogP contribution >= 0.6 is 0 Å². The predicted molar refractivity (Wildman–Crippen MR) is 300 cm³/mol. The Bertz CT molecular complexity index is 3750. The molecular weight excluding hydrogens is 853 g/mol. The van der Waals surface area contributed by atoms with E-state index in [0.29, 0.717) is 0 Å². The van der Waals surface area contributed by atoms with Crippen LogP contribution in [0, 0.1) is 27.7 Å². The molecule has 0 amide bonds. The van der Waals surface area contributed by atoms with E-state index in [4.69, 9.17) is 8.83 Å². The number of furan rings is 2. The zero-order valence-electron chi connectivity index (χ0n) is 42.1. The minimum Gasteiger partial charge on any atom is -0.454 e. The lowest BCUT2D eigenvalue weighted by molar-refractivity contribution is 0.668. The molecule has 70 heavy (non-hydrogen) atoms. The van der Waals surface area contributed by atoms with Crippen LogP contribution in [0.2, 0.25) is 0 Å². The molecule has 0 saturated carbocycles. The molecular formula is C66H60N2O2. The second kappa shape index (κ2) is 16.6. The van der Waals surface area contributed by atoms with Crippen molar-refractivity contribution in [2.24, 2.45) is 0 Å². The van der Waals surface area contributed by atoms with Gasteiger partial charge in [0.15, 0.2) is 11.2 Å². The molecule has 0 fully saturated rings. The first-order chi connectivity index (χ1) is 33.9. The second-order valence-corrected chi connectivity index (χ2v) is 20.5. The van der Waals surface area contributed by atoms with Crippen molar-refractivity contribution < 1.29 is 8.83 Å². The van der Waals surface area contributed by atoms with E-state index in [9.17, 15) is 0 Å². The first-order valence-electron chi connectivity index (χ1n) is 25.3. The van der Waals surface area contributed by atoms with Gasteiger partial charge < -0.3 is 18.6 Å². The van der Waals surface area contributed by atoms with Crippen molar-refractivity contribution in [2.45, 2.75) is 93.9 Å². The van der Waals surface area contributed by atoms with Gasteiger partial charge in [-0.15, -0.1) is 0 Å². The van der Waals surface area contributed by atoms with Crippen LogP contribution in [0.15, 0.2) is 154 Å². The Morgan fingerprint density at radius 3 is 1.11 bits per heavy atom. The van der Waals surface area contributed by atoms with Gasteiger partial charge >= 0.3 is 0 Å². The van der Waals surface area contributed by atoms with Gasteiger partial charge in [0, 0.05) is 43.7 Å². The number of benzene rings is 10. The fraction of sp³-hybridized carbons (Fsp3) is 0.212. The fourth-order valence-corrected chi connectivity index (χ4v) is 12.0. The van der Waals surface area contributed by atoms with E-state index in [1.165, 1.54) is 76.8 Å². The van der Waals surface area contributed by atoms with E-state index in [1.54, 1.807) is 0 Å². The van der Waals surface area contributed by atoms with Crippen LogP contribution < -0.4 is 9.80 Å². The smallest absolute Gasteiger partial charge is 0.159 e. The summed E-state index contributed by atoms with van der Waals surface area (Å²) in [5.74, 6) is 0.483. The second-order valence-electron chi connectivity index (χ2n) is 20.5. The number of nitrogens with zero attached hydrogens (tertiary/aromatic N) is 2. The molecule has 0 bridgehead atoms. The number of hydrogen-bond acceptors (Lipinski definition) is 4. The summed E-state index contributed by atoms with van der Waals surface area (Å²) in [5, 5.41) is 12.1. The maximum Gasteiger partial charge on any atom is 0.159 e. The Balaban J connectivity index is 1.25. The first-order valence-corrected chi connectivity index (χ1v) is 25.3. The summed E-state index contributed by atoms with van der Waals surface area (Å²) >= 11 is 0. The van der Waals surface area contributed by atoms with Gasteiger partial charge in [0.2, 0.25) is 0 Å². The molecule has 0 aliphatic rings. The molecule has 0 spiro atoms. The summed E-state index contributed by atoms with van der Waals surface area (Å²) in [6.45, 7) is 22.8. The highest BCUT2D eigenvalue weighted by molar-refractivity contribution is 6.30. The molecule has 4 nitrogen and oxygen atoms in total. The zero-order chi connectivity index (χ0) is 48.3. The first kappa shape index (κ1) is 43.7. The third-order valence-corrected chi connectivity index (χ3v) is 15.0. The Hall–Kier alpha value is -7.56. The van der Waals surface area contributed by atoms with E-state index in [2.05, 4.69) is 225 Å². The van der Waals surface area contributed by atoms with Crippen LogP contribution in [0.1, 0.15) is 97.9 Å². The molecule has 10 aromatic carbocycles. The standard InChI is InChI=1S/C66H60N2O2/c1-11-43-21-23-51-47-17-13-15-19-59(47)69-65(51)63(43)67(45-31-39(7)29-40(8)32-45)57-35-55(37(3)4)49-26-28-54-58(36-56(38(5)6)50-25-27-53(57)61(49)62(50)54)68(46-33-41(9)30-42(10)34-46)64-44(12-2)22-24-52-48-18-14-16-20-60(48)70-66(52)64/h13-38H,11-12H2,1-10H3. The van der Waals surface area contributed by atoms with Gasteiger partial charge in [-0.2, -0.15) is 0 Å². The Kier molecular flexibility index (Phi) is 10.3. The topological polar surface area (TPSA) is 32.8 Å². The van der Waals surface area contributed by atoms with Gasteiger partial charge in [-0.05, 0) is 167 Å². The Morgan fingerprint density at radius 1 is 0.386 bits per heavy atom. The van der Waals surface area contributed by atoms with Gasteiger partial charge in [0.25, 0.3) is 0 Å². The predicted octanol–water partition coefficient (Wildman–Crippen LogP) is 19.9. The van der Waals surface area contributed by atoms with Crippen LogP contribution in [0.3, 0.4) is 0 Å². The van der Waals surface area contributed by atoms with Gasteiger partial charge in [-0.25, -0.2) is 0 Å². The summed E-state index contributed by atoms with van der Waals surface area (Å²) in [6, 6.07) is 54.7. The molecule has 0 N–H and O–H groups in total. The highest BCUT2D eigenvalue weighted by atomic mass is 16.3. The largest absolute Gasteiger partial charge is 0.454 e. The Labute approximate surface area is 411 Å². The van der Waals surface area contributed by atoms with Crippen molar-refractivity contribution in [1.29, 1.82) is 0 Å². The summed E-state index contributed by atoms with van der Waals surface area (Å²) in [6.07, 6.45) is 1.69. The van der Waals surface area contributed by atoms with E-state index in [-0.39, 0.29) is 11.8 Å². The number of fused-ring (bicyclic) bond motifs is 6. The highest BCUT2D eigenvalue weighted by Crippen LogP contribution is 2.54. The molecule has 346 valence electrons. The summed E-state index contributed by atoms with van der Waals surface area (Å²) in [4.78, 5) is 5.09. The van der Waals surface area contributed by atoms with Crippen molar-refractivity contribution in [1.82, 2.24) is 0 Å². The quantitative estimate of drug-likeness (QED) is 0.128. The maximum atomic E-state index is 7.01. The molecule has 0 radical (unpaired) electrons. The van der Waals surface area contributed by atoms with Crippen molar-refractivity contribution in [3.05, 3.63) is 190 Å². The molecule has 12 rings (SSSR count). The van der Waals surface area contributed by atoms with Crippen LogP contribution in [-0.4, -0.2) is 0 Å². The van der Waals surface area contributed by atoms with E-state index >= 15 is 0 Å². The van der Waals surface area contributed by atoms with Crippen LogP contribution in [0.25, 0.3) is 76.2 Å². The minimum absolute atomic E-state index is 0.241. The molecule has 2 aromatic heterocycles. The lowest BCUT2D eigenvalue weighted by Crippen LogP contribution is -2.15. The molecule has 0 aliphatic carbocycles. The van der Waals surface area contributed by atoms with Crippen LogP contribution in [0.4, 0.5) is 34.1 Å². The minimum atomic E-state index is 0.241. The zero-order valence-corrected chi connectivity index (χ0v) is 42.1. The number of para-hydroxylation sites is 2. The molecule has 0 unspecified atom stereocenters. The summed E-state index contributed by atoms with van der Waals surface area (Å²) in [7, 11) is 0. The molecule has 2 heterocycles. The summed E-state index contributed by atoms with van der Waals surface area (Å²) < 4.78 is 14.0. The van der Waals surface area contributed by atoms with Gasteiger partial charge in [-0.3, -0.25) is 0 Å². The van der Waals surface area contributed by atoms with E-state index in [0.717, 1.165) is 90.8 Å². The number of aryl methyl sites for hydroxylation is 6. The molecule has 4 heteroatoms. The lowest BCUT2D eigenvalue weighted by atomic mass is 9.83. The van der Waals surface area contributed by atoms with E-state index in [1.807, 2.05) is 0 Å². The normalized spacial score (nSPS) is 12.2. The van der Waals surface area contributed by atoms with E-state index < -0.39 is 0 Å². The molecule has 0 atom stereocenters. The van der Waals surface area contributed by atoms with Crippen molar-refractivity contribution in [2.75, 3.05) is 9.80 Å². The average Bonchev–Trinajstić information content (AvgIpc) is 3.92. The monoisotopic (exact) mass is 912 g/mol. The molecule has 0 aliphatic heterocycles. The van der Waals surface area contributed by atoms with Crippen molar-refractivity contribution in [3.8, 4) is 0 Å². The Morgan fingerprint density at radius 2 is 0.743 bits per heavy atom. The SMILES string of the molecule is CCc1ccc2c(oc3ccccc32)c1N(c1cc(C)cc(C)c1)c1cc(C(C)C)c2ccc3c(N(c4cc(C)cc(C)c4)c4c(CC)ccc5c4oc4ccccc45)cc(C(C)C)c4ccc1c2c43. The fourth-order valence-electron chi connectivity index (χ4n) is 12.0. The average molecular weight is 913 g/mol. The number of hydrogen-bond donors (Lipinski definition) is 0. The van der Waals surface area contributed by atoms with Crippen molar-refractivity contribution in [3.63, 3.8) is 0 Å². The summed E-state index contributed by atoms with van der Waals surface area (Å²) in [5.41, 5.74) is 20.4. The van der Waals surface area contributed by atoms with Crippen molar-refractivity contribution >= 4 is 110 Å².